The lowest BCUT2D eigenvalue weighted by atomic mass is 10.2. The Kier molecular flexibility index (Phi) is 4.26. The number of nitrogens with two attached hydrogens (primary N) is 1. The van der Waals surface area contributed by atoms with Crippen LogP contribution in [0.5, 0.6) is 5.75 Å². The van der Waals surface area contributed by atoms with Gasteiger partial charge in [0.1, 0.15) is 16.4 Å². The minimum atomic E-state index is 0.545. The number of anilines is 1. The van der Waals surface area contributed by atoms with Gasteiger partial charge in [0.25, 0.3) is 0 Å². The second kappa shape index (κ2) is 6.32. The van der Waals surface area contributed by atoms with Crippen molar-refractivity contribution >= 4 is 39.1 Å². The number of aryl methyl sites for hydroxylation is 1. The van der Waals surface area contributed by atoms with Crippen LogP contribution in [0.25, 0.3) is 10.2 Å². The van der Waals surface area contributed by atoms with E-state index < -0.39 is 0 Å². The summed E-state index contributed by atoms with van der Waals surface area (Å²) in [7, 11) is 0. The van der Waals surface area contributed by atoms with Gasteiger partial charge in [-0.2, -0.15) is 0 Å². The summed E-state index contributed by atoms with van der Waals surface area (Å²) in [6.45, 7) is 2.67. The number of hydrogen-bond donors (Lipinski definition) is 1. The van der Waals surface area contributed by atoms with Crippen LogP contribution >= 0.6 is 23.1 Å². The Bertz CT molecular complexity index is 740. The van der Waals surface area contributed by atoms with Crippen molar-refractivity contribution in [3.05, 3.63) is 41.3 Å². The molecule has 2 aromatic heterocycles. The Balaban J connectivity index is 1.55. The molecular formula is C15H15N3OS2. The van der Waals surface area contributed by atoms with E-state index in [1.165, 1.54) is 5.56 Å². The average Bonchev–Trinajstić information content (AvgIpc) is 2.94. The number of thioether (sulfide) groups is 1. The summed E-state index contributed by atoms with van der Waals surface area (Å²) < 4.78 is 5.68. The first kappa shape index (κ1) is 14.2. The average molecular weight is 317 g/mol. The smallest absolute Gasteiger partial charge is 0.191 e. The number of hydrogen-bond acceptors (Lipinski definition) is 6. The summed E-state index contributed by atoms with van der Waals surface area (Å²) in [5.41, 5.74) is 7.15. The van der Waals surface area contributed by atoms with Crippen LogP contribution in [-0.4, -0.2) is 22.3 Å². The topological polar surface area (TPSA) is 61.0 Å². The molecule has 0 amide bonds. The summed E-state index contributed by atoms with van der Waals surface area (Å²) in [5.74, 6) is 2.21. The molecule has 2 N–H and O–H groups in total. The van der Waals surface area contributed by atoms with Crippen LogP contribution in [0.2, 0.25) is 0 Å². The molecule has 3 aromatic rings. The number of thiophene rings is 1. The SMILES string of the molecule is Cc1ccc(OCCSc2nc(N)c3ccsc3n2)cc1. The predicted octanol–water partition coefficient (Wildman–Crippen LogP) is 3.75. The molecule has 0 bridgehead atoms. The molecule has 0 unspecified atom stereocenters. The van der Waals surface area contributed by atoms with E-state index in [4.69, 9.17) is 10.5 Å². The van der Waals surface area contributed by atoms with Gasteiger partial charge in [0.2, 0.25) is 0 Å². The van der Waals surface area contributed by atoms with Gasteiger partial charge in [0.15, 0.2) is 5.16 Å². The Morgan fingerprint density at radius 2 is 2.00 bits per heavy atom. The van der Waals surface area contributed by atoms with Crippen LogP contribution in [0.4, 0.5) is 5.82 Å². The number of fused-ring (bicyclic) bond motifs is 1. The third-order valence-electron chi connectivity index (χ3n) is 2.94. The molecule has 1 aromatic carbocycles. The van der Waals surface area contributed by atoms with Crippen LogP contribution in [0.1, 0.15) is 5.56 Å². The van der Waals surface area contributed by atoms with Crippen molar-refractivity contribution in [2.75, 3.05) is 18.1 Å². The van der Waals surface area contributed by atoms with E-state index in [1.807, 2.05) is 35.7 Å². The molecule has 0 aliphatic carbocycles. The molecule has 0 fully saturated rings. The summed E-state index contributed by atoms with van der Waals surface area (Å²) in [4.78, 5) is 9.73. The van der Waals surface area contributed by atoms with E-state index in [9.17, 15) is 0 Å². The van der Waals surface area contributed by atoms with Crippen LogP contribution in [-0.2, 0) is 0 Å². The molecule has 0 radical (unpaired) electrons. The van der Waals surface area contributed by atoms with Crippen molar-refractivity contribution in [2.45, 2.75) is 12.1 Å². The van der Waals surface area contributed by atoms with E-state index in [-0.39, 0.29) is 0 Å². The number of nitrogen functional groups attached to an aromatic ring is 1. The van der Waals surface area contributed by atoms with Crippen LogP contribution in [0.15, 0.2) is 40.9 Å². The van der Waals surface area contributed by atoms with Gasteiger partial charge in [-0.15, -0.1) is 11.3 Å². The maximum absolute atomic E-state index is 5.92. The molecule has 0 aliphatic heterocycles. The second-order valence-corrected chi connectivity index (χ2v) is 6.50. The van der Waals surface area contributed by atoms with Crippen LogP contribution < -0.4 is 10.5 Å². The third-order valence-corrected chi connectivity index (χ3v) is 4.56. The Morgan fingerprint density at radius 1 is 1.19 bits per heavy atom. The highest BCUT2D eigenvalue weighted by molar-refractivity contribution is 7.99. The molecule has 4 nitrogen and oxygen atoms in total. The molecular weight excluding hydrogens is 302 g/mol. The molecule has 108 valence electrons. The first-order chi connectivity index (χ1) is 10.2. The first-order valence-electron chi connectivity index (χ1n) is 6.55. The minimum Gasteiger partial charge on any atom is -0.493 e. The lowest BCUT2D eigenvalue weighted by molar-refractivity contribution is 0.344. The zero-order valence-corrected chi connectivity index (χ0v) is 13.2. The van der Waals surface area contributed by atoms with Gasteiger partial charge < -0.3 is 10.5 Å². The fraction of sp³-hybridized carbons (Fsp3) is 0.200. The van der Waals surface area contributed by atoms with Gasteiger partial charge in [-0.25, -0.2) is 9.97 Å². The Hall–Kier alpha value is -1.79. The first-order valence-corrected chi connectivity index (χ1v) is 8.42. The van der Waals surface area contributed by atoms with Gasteiger partial charge in [0, 0.05) is 5.75 Å². The molecule has 2 heterocycles. The van der Waals surface area contributed by atoms with Crippen molar-refractivity contribution in [2.24, 2.45) is 0 Å². The van der Waals surface area contributed by atoms with E-state index in [2.05, 4.69) is 16.9 Å². The molecule has 0 saturated carbocycles. The summed E-state index contributed by atoms with van der Waals surface area (Å²) >= 11 is 3.13. The highest BCUT2D eigenvalue weighted by Crippen LogP contribution is 2.26. The summed E-state index contributed by atoms with van der Waals surface area (Å²) in [5, 5.41) is 3.61. The fourth-order valence-electron chi connectivity index (χ4n) is 1.85. The molecule has 6 heteroatoms. The van der Waals surface area contributed by atoms with E-state index in [0.717, 1.165) is 21.7 Å². The number of aromatic nitrogens is 2. The van der Waals surface area contributed by atoms with Gasteiger partial charge in [0.05, 0.1) is 12.0 Å². The maximum atomic E-state index is 5.92. The van der Waals surface area contributed by atoms with Crippen molar-refractivity contribution < 1.29 is 4.74 Å². The molecule has 0 atom stereocenters. The second-order valence-electron chi connectivity index (χ2n) is 4.54. The van der Waals surface area contributed by atoms with E-state index >= 15 is 0 Å². The van der Waals surface area contributed by atoms with Crippen molar-refractivity contribution in [3.8, 4) is 5.75 Å². The third kappa shape index (κ3) is 3.46. The number of benzene rings is 1. The highest BCUT2D eigenvalue weighted by atomic mass is 32.2. The standard InChI is InChI=1S/C15H15N3OS2/c1-10-2-4-11(5-3-10)19-7-9-21-15-17-13(16)12-6-8-20-14(12)18-15/h2-6,8H,7,9H2,1H3,(H2,16,17,18). The lowest BCUT2D eigenvalue weighted by Crippen LogP contribution is -2.02. The Labute approximate surface area is 131 Å². The Morgan fingerprint density at radius 3 is 2.81 bits per heavy atom. The van der Waals surface area contributed by atoms with Crippen molar-refractivity contribution in [1.82, 2.24) is 9.97 Å². The number of ether oxygens (including phenoxy) is 1. The van der Waals surface area contributed by atoms with Gasteiger partial charge >= 0.3 is 0 Å². The lowest BCUT2D eigenvalue weighted by Gasteiger charge is -2.06. The summed E-state index contributed by atoms with van der Waals surface area (Å²) in [6.07, 6.45) is 0. The molecule has 0 spiro atoms. The molecule has 21 heavy (non-hydrogen) atoms. The highest BCUT2D eigenvalue weighted by Gasteiger charge is 2.06. The van der Waals surface area contributed by atoms with E-state index in [0.29, 0.717) is 17.6 Å². The monoisotopic (exact) mass is 317 g/mol. The molecule has 3 rings (SSSR count). The molecule has 0 saturated heterocycles. The quantitative estimate of drug-likeness (QED) is 0.441. The maximum Gasteiger partial charge on any atom is 0.191 e. The van der Waals surface area contributed by atoms with Crippen LogP contribution in [0, 0.1) is 6.92 Å². The van der Waals surface area contributed by atoms with Crippen molar-refractivity contribution in [1.29, 1.82) is 0 Å². The zero-order valence-electron chi connectivity index (χ0n) is 11.6. The largest absolute Gasteiger partial charge is 0.493 e. The summed E-state index contributed by atoms with van der Waals surface area (Å²) in [6, 6.07) is 9.98. The molecule has 0 aliphatic rings. The minimum absolute atomic E-state index is 0.545. The zero-order chi connectivity index (χ0) is 14.7. The number of nitrogens with zero attached hydrogens (tertiary/aromatic N) is 2. The van der Waals surface area contributed by atoms with Crippen molar-refractivity contribution in [3.63, 3.8) is 0 Å². The fourth-order valence-corrected chi connectivity index (χ4v) is 3.35. The van der Waals surface area contributed by atoms with Gasteiger partial charge in [-0.05, 0) is 30.5 Å². The number of rotatable bonds is 5. The van der Waals surface area contributed by atoms with E-state index in [1.54, 1.807) is 23.1 Å². The van der Waals surface area contributed by atoms with Gasteiger partial charge in [-0.3, -0.25) is 0 Å². The van der Waals surface area contributed by atoms with Gasteiger partial charge in [-0.1, -0.05) is 29.5 Å². The predicted molar refractivity (Wildman–Crippen MR) is 89.2 cm³/mol. The normalized spacial score (nSPS) is 10.9. The van der Waals surface area contributed by atoms with Crippen LogP contribution in [0.3, 0.4) is 0 Å².